The number of rotatable bonds is 0. The molecule has 16 heavy (non-hydrogen) atoms. The van der Waals surface area contributed by atoms with Gasteiger partial charge in [0.05, 0.1) is 6.10 Å². The van der Waals surface area contributed by atoms with Crippen molar-refractivity contribution in [3.05, 3.63) is 29.3 Å². The molecule has 0 spiro atoms. The van der Waals surface area contributed by atoms with Gasteiger partial charge in [-0.3, -0.25) is 4.79 Å². The summed E-state index contributed by atoms with van der Waals surface area (Å²) in [5.41, 5.74) is 2.79. The number of aliphatic hydroxyl groups excluding tert-OH is 1. The van der Waals surface area contributed by atoms with Crippen molar-refractivity contribution >= 4 is 11.6 Å². The molecule has 1 amide bonds. The quantitative estimate of drug-likeness (QED) is 0.659. The standard InChI is InChI=1S/C12H14N2O2/c1-14-6-8-10(15)5-13-12(16)7-3-2-4-9(14)11(7)8/h2-4,8,10,15H,5-6H2,1H3,(H,13,16). The van der Waals surface area contributed by atoms with Gasteiger partial charge in [-0.2, -0.15) is 0 Å². The molecule has 0 saturated carbocycles. The fourth-order valence-corrected chi connectivity index (χ4v) is 2.71. The van der Waals surface area contributed by atoms with Crippen molar-refractivity contribution in [2.45, 2.75) is 12.0 Å². The molecule has 1 aromatic rings. The minimum atomic E-state index is -0.490. The lowest BCUT2D eigenvalue weighted by molar-refractivity contribution is 0.0921. The number of hydrogen-bond donors (Lipinski definition) is 2. The topological polar surface area (TPSA) is 52.6 Å². The first-order valence-corrected chi connectivity index (χ1v) is 5.49. The van der Waals surface area contributed by atoms with Gasteiger partial charge in [0.1, 0.15) is 0 Å². The molecule has 0 bridgehead atoms. The largest absolute Gasteiger partial charge is 0.391 e. The Hall–Kier alpha value is -1.55. The van der Waals surface area contributed by atoms with Gasteiger partial charge in [0.2, 0.25) is 0 Å². The third kappa shape index (κ3) is 1.16. The van der Waals surface area contributed by atoms with E-state index in [4.69, 9.17) is 0 Å². The number of nitrogens with zero attached hydrogens (tertiary/aromatic N) is 1. The maximum absolute atomic E-state index is 11.8. The van der Waals surface area contributed by atoms with E-state index in [1.807, 2.05) is 25.2 Å². The monoisotopic (exact) mass is 218 g/mol. The Labute approximate surface area is 93.9 Å². The van der Waals surface area contributed by atoms with E-state index in [1.165, 1.54) is 0 Å². The zero-order chi connectivity index (χ0) is 11.3. The molecule has 2 atom stereocenters. The molecule has 0 radical (unpaired) electrons. The van der Waals surface area contributed by atoms with Gasteiger partial charge in [-0.25, -0.2) is 0 Å². The minimum absolute atomic E-state index is 0.0511. The van der Waals surface area contributed by atoms with Crippen molar-refractivity contribution in [1.29, 1.82) is 0 Å². The summed E-state index contributed by atoms with van der Waals surface area (Å²) in [7, 11) is 1.99. The molecular formula is C12H14N2O2. The van der Waals surface area contributed by atoms with Gasteiger partial charge in [0.15, 0.2) is 0 Å². The highest BCUT2D eigenvalue weighted by Gasteiger charge is 2.37. The Kier molecular flexibility index (Phi) is 1.94. The van der Waals surface area contributed by atoms with Crippen LogP contribution in [-0.2, 0) is 0 Å². The van der Waals surface area contributed by atoms with Gasteiger partial charge >= 0.3 is 0 Å². The van der Waals surface area contributed by atoms with Crippen LogP contribution in [0.2, 0.25) is 0 Å². The number of benzene rings is 1. The van der Waals surface area contributed by atoms with E-state index in [0.717, 1.165) is 17.8 Å². The zero-order valence-electron chi connectivity index (χ0n) is 9.10. The Morgan fingerprint density at radius 1 is 1.50 bits per heavy atom. The second kappa shape index (κ2) is 3.22. The number of anilines is 1. The van der Waals surface area contributed by atoms with Crippen LogP contribution in [-0.4, -0.2) is 37.3 Å². The zero-order valence-corrected chi connectivity index (χ0v) is 9.10. The number of hydrogen-bond acceptors (Lipinski definition) is 3. The van der Waals surface area contributed by atoms with Crippen molar-refractivity contribution in [1.82, 2.24) is 5.32 Å². The molecule has 84 valence electrons. The van der Waals surface area contributed by atoms with Crippen LogP contribution < -0.4 is 10.2 Å². The lowest BCUT2D eigenvalue weighted by Gasteiger charge is -2.17. The number of carbonyl (C=O) groups is 1. The Bertz CT molecular complexity index is 458. The lowest BCUT2D eigenvalue weighted by Crippen LogP contribution is -2.33. The van der Waals surface area contributed by atoms with E-state index in [0.29, 0.717) is 12.1 Å². The Morgan fingerprint density at radius 3 is 3.12 bits per heavy atom. The average Bonchev–Trinajstić information content (AvgIpc) is 2.58. The van der Waals surface area contributed by atoms with Gasteiger partial charge in [-0.15, -0.1) is 0 Å². The van der Waals surface area contributed by atoms with Crippen LogP contribution in [0.15, 0.2) is 18.2 Å². The van der Waals surface area contributed by atoms with Crippen molar-refractivity contribution in [2.24, 2.45) is 0 Å². The second-order valence-electron chi connectivity index (χ2n) is 4.50. The first-order valence-electron chi connectivity index (χ1n) is 5.49. The maximum Gasteiger partial charge on any atom is 0.251 e. The molecule has 3 rings (SSSR count). The molecule has 0 saturated heterocycles. The highest BCUT2D eigenvalue weighted by Crippen LogP contribution is 2.40. The lowest BCUT2D eigenvalue weighted by atomic mass is 9.92. The summed E-state index contributed by atoms with van der Waals surface area (Å²) in [6.07, 6.45) is -0.490. The van der Waals surface area contributed by atoms with Crippen LogP contribution in [0.5, 0.6) is 0 Å². The van der Waals surface area contributed by atoms with E-state index >= 15 is 0 Å². The van der Waals surface area contributed by atoms with Crippen molar-refractivity contribution in [2.75, 3.05) is 25.0 Å². The summed E-state index contributed by atoms with van der Waals surface area (Å²) in [6.45, 7) is 1.12. The summed E-state index contributed by atoms with van der Waals surface area (Å²) in [5, 5.41) is 12.8. The van der Waals surface area contributed by atoms with E-state index in [9.17, 15) is 9.90 Å². The van der Waals surface area contributed by atoms with Crippen molar-refractivity contribution < 1.29 is 9.90 Å². The molecule has 2 N–H and O–H groups in total. The molecule has 2 aliphatic rings. The van der Waals surface area contributed by atoms with Gasteiger partial charge < -0.3 is 15.3 Å². The third-order valence-electron chi connectivity index (χ3n) is 3.52. The summed E-state index contributed by atoms with van der Waals surface area (Å²) in [4.78, 5) is 13.9. The molecule has 2 aliphatic heterocycles. The van der Waals surface area contributed by atoms with Crippen LogP contribution in [0.1, 0.15) is 21.8 Å². The predicted octanol–water partition coefficient (Wildman–Crippen LogP) is 0.324. The molecule has 2 heterocycles. The van der Waals surface area contributed by atoms with Crippen LogP contribution >= 0.6 is 0 Å². The molecule has 4 nitrogen and oxygen atoms in total. The van der Waals surface area contributed by atoms with Gasteiger partial charge in [-0.05, 0) is 17.7 Å². The first-order chi connectivity index (χ1) is 7.68. The van der Waals surface area contributed by atoms with Gasteiger partial charge in [0, 0.05) is 37.3 Å². The van der Waals surface area contributed by atoms with Gasteiger partial charge in [-0.1, -0.05) is 6.07 Å². The van der Waals surface area contributed by atoms with E-state index in [-0.39, 0.29) is 11.8 Å². The third-order valence-corrected chi connectivity index (χ3v) is 3.52. The fraction of sp³-hybridized carbons (Fsp3) is 0.417. The minimum Gasteiger partial charge on any atom is -0.391 e. The number of nitrogens with one attached hydrogen (secondary N) is 1. The molecule has 1 aromatic carbocycles. The highest BCUT2D eigenvalue weighted by atomic mass is 16.3. The molecule has 0 fully saturated rings. The van der Waals surface area contributed by atoms with Crippen LogP contribution in [0.4, 0.5) is 5.69 Å². The number of carbonyl (C=O) groups excluding carboxylic acids is 1. The van der Waals surface area contributed by atoms with Crippen molar-refractivity contribution in [3.8, 4) is 0 Å². The number of amides is 1. The number of aliphatic hydroxyl groups is 1. The summed E-state index contributed by atoms with van der Waals surface area (Å²) < 4.78 is 0. The molecule has 0 aromatic heterocycles. The number of likely N-dealkylation sites (N-methyl/N-ethyl adjacent to an activating group) is 1. The molecular weight excluding hydrogens is 204 g/mol. The highest BCUT2D eigenvalue weighted by molar-refractivity contribution is 5.98. The molecule has 2 unspecified atom stereocenters. The van der Waals surface area contributed by atoms with Crippen LogP contribution in [0, 0.1) is 0 Å². The van der Waals surface area contributed by atoms with E-state index < -0.39 is 6.10 Å². The number of β-amino-alcohol motifs (C(OH)–C–C–N with tert-alkyl or cyclic N) is 1. The summed E-state index contributed by atoms with van der Waals surface area (Å²) in [6, 6.07) is 5.73. The Morgan fingerprint density at radius 2 is 2.31 bits per heavy atom. The smallest absolute Gasteiger partial charge is 0.251 e. The normalized spacial score (nSPS) is 27.4. The van der Waals surface area contributed by atoms with E-state index in [1.54, 1.807) is 0 Å². The van der Waals surface area contributed by atoms with Crippen LogP contribution in [0.25, 0.3) is 0 Å². The fourth-order valence-electron chi connectivity index (χ4n) is 2.71. The molecule has 0 aliphatic carbocycles. The SMILES string of the molecule is CN1CC2c3c(cccc31)C(=O)NCC2O. The second-order valence-corrected chi connectivity index (χ2v) is 4.50. The maximum atomic E-state index is 11.8. The van der Waals surface area contributed by atoms with Crippen LogP contribution in [0.3, 0.4) is 0 Å². The summed E-state index contributed by atoms with van der Waals surface area (Å²) >= 11 is 0. The predicted molar refractivity (Wildman–Crippen MR) is 60.8 cm³/mol. The first kappa shape index (κ1) is 9.66. The average molecular weight is 218 g/mol. The summed E-state index contributed by atoms with van der Waals surface area (Å²) in [5.74, 6) is -0.0242. The van der Waals surface area contributed by atoms with Crippen molar-refractivity contribution in [3.63, 3.8) is 0 Å². The molecule has 4 heteroatoms. The van der Waals surface area contributed by atoms with E-state index in [2.05, 4.69) is 10.2 Å². The Balaban J connectivity index is 2.24. The van der Waals surface area contributed by atoms with Gasteiger partial charge in [0.25, 0.3) is 5.91 Å².